The standard InChI is InChI=1S/C21H15BrClN3O2S/c22-16-5-1-14(2-6-16)20-13-26(18-9-7-17(23)8-10-18)21(25-20)15-3-11-19(12-4-15)29(24,27)28/h1-13H,(H2,24,27,28). The number of benzene rings is 3. The number of hydrogen-bond donors (Lipinski definition) is 1. The molecule has 0 radical (unpaired) electrons. The van der Waals surface area contributed by atoms with Gasteiger partial charge in [-0.3, -0.25) is 4.57 Å². The van der Waals surface area contributed by atoms with Crippen LogP contribution in [0.3, 0.4) is 0 Å². The summed E-state index contributed by atoms with van der Waals surface area (Å²) in [4.78, 5) is 4.86. The summed E-state index contributed by atoms with van der Waals surface area (Å²) in [6.45, 7) is 0. The summed E-state index contributed by atoms with van der Waals surface area (Å²) in [5, 5.41) is 5.85. The predicted molar refractivity (Wildman–Crippen MR) is 119 cm³/mol. The van der Waals surface area contributed by atoms with Crippen LogP contribution in [-0.4, -0.2) is 18.0 Å². The first-order chi connectivity index (χ1) is 13.8. The topological polar surface area (TPSA) is 78.0 Å². The van der Waals surface area contributed by atoms with Gasteiger partial charge in [-0.25, -0.2) is 18.5 Å². The summed E-state index contributed by atoms with van der Waals surface area (Å²) >= 11 is 9.48. The number of halogens is 2. The average Bonchev–Trinajstić information content (AvgIpc) is 3.14. The summed E-state index contributed by atoms with van der Waals surface area (Å²) in [6.07, 6.45) is 1.94. The molecule has 2 N–H and O–H groups in total. The molecule has 0 fully saturated rings. The molecule has 0 saturated heterocycles. The van der Waals surface area contributed by atoms with E-state index >= 15 is 0 Å². The van der Waals surface area contributed by atoms with E-state index < -0.39 is 10.0 Å². The second-order valence-corrected chi connectivity index (χ2v) is 9.29. The van der Waals surface area contributed by atoms with Gasteiger partial charge >= 0.3 is 0 Å². The van der Waals surface area contributed by atoms with E-state index in [0.29, 0.717) is 10.8 Å². The molecule has 29 heavy (non-hydrogen) atoms. The maximum absolute atomic E-state index is 11.6. The summed E-state index contributed by atoms with van der Waals surface area (Å²) in [5.41, 5.74) is 3.40. The molecule has 0 aliphatic heterocycles. The molecule has 1 aromatic heterocycles. The Morgan fingerprint density at radius 1 is 0.862 bits per heavy atom. The first-order valence-electron chi connectivity index (χ1n) is 8.56. The lowest BCUT2D eigenvalue weighted by molar-refractivity contribution is 0.598. The molecule has 8 heteroatoms. The van der Waals surface area contributed by atoms with Crippen molar-refractivity contribution in [2.24, 2.45) is 5.14 Å². The molecule has 3 aromatic carbocycles. The maximum atomic E-state index is 11.6. The molecule has 146 valence electrons. The lowest BCUT2D eigenvalue weighted by Crippen LogP contribution is -2.11. The summed E-state index contributed by atoms with van der Waals surface area (Å²) in [7, 11) is -3.76. The number of nitrogens with two attached hydrogens (primary N) is 1. The number of aromatic nitrogens is 2. The Morgan fingerprint density at radius 3 is 2.03 bits per heavy atom. The SMILES string of the molecule is NS(=O)(=O)c1ccc(-c2nc(-c3ccc(Br)cc3)cn2-c2ccc(Cl)cc2)cc1. The molecular weight excluding hydrogens is 474 g/mol. The highest BCUT2D eigenvalue weighted by Gasteiger charge is 2.15. The Labute approximate surface area is 182 Å². The maximum Gasteiger partial charge on any atom is 0.238 e. The zero-order valence-corrected chi connectivity index (χ0v) is 18.1. The van der Waals surface area contributed by atoms with Gasteiger partial charge in [-0.05, 0) is 60.7 Å². The third kappa shape index (κ3) is 4.28. The summed E-state index contributed by atoms with van der Waals surface area (Å²) in [5.74, 6) is 0.672. The van der Waals surface area contributed by atoms with Crippen molar-refractivity contribution in [1.82, 2.24) is 9.55 Å². The molecule has 4 rings (SSSR count). The molecule has 0 atom stereocenters. The van der Waals surface area contributed by atoms with E-state index in [1.165, 1.54) is 12.1 Å². The largest absolute Gasteiger partial charge is 0.299 e. The van der Waals surface area contributed by atoms with E-state index in [1.807, 2.05) is 59.3 Å². The second kappa shape index (κ2) is 7.76. The normalized spacial score (nSPS) is 11.6. The van der Waals surface area contributed by atoms with Crippen molar-refractivity contribution < 1.29 is 8.42 Å². The van der Waals surface area contributed by atoms with E-state index in [2.05, 4.69) is 15.9 Å². The van der Waals surface area contributed by atoms with Crippen molar-refractivity contribution in [2.75, 3.05) is 0 Å². The van der Waals surface area contributed by atoms with E-state index in [9.17, 15) is 8.42 Å². The van der Waals surface area contributed by atoms with Gasteiger partial charge in [-0.2, -0.15) is 0 Å². The van der Waals surface area contributed by atoms with Crippen LogP contribution < -0.4 is 5.14 Å². The van der Waals surface area contributed by atoms with Crippen LogP contribution >= 0.6 is 27.5 Å². The Morgan fingerprint density at radius 2 is 1.45 bits per heavy atom. The van der Waals surface area contributed by atoms with Crippen LogP contribution in [0.15, 0.2) is 88.4 Å². The number of hydrogen-bond acceptors (Lipinski definition) is 3. The monoisotopic (exact) mass is 487 g/mol. The van der Waals surface area contributed by atoms with Crippen LogP contribution in [0.25, 0.3) is 28.3 Å². The zero-order chi connectivity index (χ0) is 20.6. The van der Waals surface area contributed by atoms with Crippen molar-refractivity contribution >= 4 is 37.6 Å². The Balaban J connectivity index is 1.86. The molecule has 0 saturated carbocycles. The fourth-order valence-corrected chi connectivity index (χ4v) is 3.84. The van der Waals surface area contributed by atoms with Gasteiger partial charge in [0, 0.05) is 32.5 Å². The average molecular weight is 489 g/mol. The molecule has 5 nitrogen and oxygen atoms in total. The Hall–Kier alpha value is -2.45. The number of primary sulfonamides is 1. The zero-order valence-electron chi connectivity index (χ0n) is 15.0. The summed E-state index contributed by atoms with van der Waals surface area (Å²) in [6, 6.07) is 21.6. The van der Waals surface area contributed by atoms with Gasteiger partial charge in [0.05, 0.1) is 10.6 Å². The van der Waals surface area contributed by atoms with Crippen LogP contribution in [-0.2, 0) is 10.0 Å². The molecular formula is C21H15BrClN3O2S. The third-order valence-electron chi connectivity index (χ3n) is 4.39. The van der Waals surface area contributed by atoms with Crippen molar-refractivity contribution in [1.29, 1.82) is 0 Å². The van der Waals surface area contributed by atoms with Crippen LogP contribution in [0.1, 0.15) is 0 Å². The van der Waals surface area contributed by atoms with Crippen LogP contribution in [0.5, 0.6) is 0 Å². The minimum Gasteiger partial charge on any atom is -0.299 e. The van der Waals surface area contributed by atoms with Gasteiger partial charge in [0.2, 0.25) is 10.0 Å². The number of rotatable bonds is 4. The number of imidazole rings is 1. The van der Waals surface area contributed by atoms with Gasteiger partial charge < -0.3 is 0 Å². The molecule has 0 amide bonds. The van der Waals surface area contributed by atoms with Gasteiger partial charge in [0.15, 0.2) is 0 Å². The van der Waals surface area contributed by atoms with Crippen LogP contribution in [0.2, 0.25) is 5.02 Å². The minimum atomic E-state index is -3.76. The van der Waals surface area contributed by atoms with Crippen molar-refractivity contribution in [2.45, 2.75) is 4.90 Å². The smallest absolute Gasteiger partial charge is 0.238 e. The van der Waals surface area contributed by atoms with Gasteiger partial charge in [0.25, 0.3) is 0 Å². The number of nitrogens with zero attached hydrogens (tertiary/aromatic N) is 2. The fourth-order valence-electron chi connectivity index (χ4n) is 2.94. The molecule has 0 unspecified atom stereocenters. The lowest BCUT2D eigenvalue weighted by atomic mass is 10.2. The van der Waals surface area contributed by atoms with E-state index in [0.717, 1.165) is 27.0 Å². The first-order valence-corrected chi connectivity index (χ1v) is 11.3. The molecule has 0 aliphatic carbocycles. The van der Waals surface area contributed by atoms with Gasteiger partial charge in [-0.1, -0.05) is 39.7 Å². The van der Waals surface area contributed by atoms with Crippen molar-refractivity contribution in [3.8, 4) is 28.3 Å². The highest BCUT2D eigenvalue weighted by atomic mass is 79.9. The molecule has 1 heterocycles. The second-order valence-electron chi connectivity index (χ2n) is 6.37. The van der Waals surface area contributed by atoms with Crippen LogP contribution in [0, 0.1) is 0 Å². The van der Waals surface area contributed by atoms with E-state index in [4.69, 9.17) is 21.7 Å². The van der Waals surface area contributed by atoms with E-state index in [-0.39, 0.29) is 4.90 Å². The highest BCUT2D eigenvalue weighted by molar-refractivity contribution is 9.10. The van der Waals surface area contributed by atoms with Gasteiger partial charge in [-0.15, -0.1) is 0 Å². The summed E-state index contributed by atoms with van der Waals surface area (Å²) < 4.78 is 26.0. The van der Waals surface area contributed by atoms with E-state index in [1.54, 1.807) is 12.1 Å². The Kier molecular flexibility index (Phi) is 5.31. The number of sulfonamides is 1. The van der Waals surface area contributed by atoms with Crippen molar-refractivity contribution in [3.63, 3.8) is 0 Å². The molecule has 4 aromatic rings. The lowest BCUT2D eigenvalue weighted by Gasteiger charge is -2.08. The highest BCUT2D eigenvalue weighted by Crippen LogP contribution is 2.29. The first kappa shape index (κ1) is 19.8. The molecule has 0 spiro atoms. The van der Waals surface area contributed by atoms with Gasteiger partial charge in [0.1, 0.15) is 5.82 Å². The fraction of sp³-hybridized carbons (Fsp3) is 0. The van der Waals surface area contributed by atoms with Crippen molar-refractivity contribution in [3.05, 3.63) is 88.5 Å². The van der Waals surface area contributed by atoms with Crippen LogP contribution in [0.4, 0.5) is 0 Å². The predicted octanol–water partition coefficient (Wildman–Crippen LogP) is 5.27. The third-order valence-corrected chi connectivity index (χ3v) is 6.10. The quantitative estimate of drug-likeness (QED) is 0.425. The minimum absolute atomic E-state index is 0.0546. The Bertz CT molecular complexity index is 1270. The molecule has 0 aliphatic rings. The molecule has 0 bridgehead atoms.